The molecular weight excluding hydrogens is 221 g/mol. The maximum absolute atomic E-state index is 13.3. The number of aromatic nitrogens is 1. The highest BCUT2D eigenvalue weighted by atomic mass is 19.1. The zero-order valence-corrected chi connectivity index (χ0v) is 9.27. The fourth-order valence-electron chi connectivity index (χ4n) is 1.56. The van der Waals surface area contributed by atoms with Crippen molar-refractivity contribution in [2.24, 2.45) is 0 Å². The van der Waals surface area contributed by atoms with E-state index in [-0.39, 0.29) is 5.75 Å². The molecular formula is C12H12FN3O. The Kier molecular flexibility index (Phi) is 2.82. The first kappa shape index (κ1) is 11.2. The number of benzene rings is 1. The molecule has 2 rings (SSSR count). The monoisotopic (exact) mass is 233 g/mol. The van der Waals surface area contributed by atoms with Crippen LogP contribution in [0.25, 0.3) is 11.1 Å². The molecule has 1 aromatic heterocycles. The van der Waals surface area contributed by atoms with Crippen LogP contribution in [-0.2, 0) is 0 Å². The SMILES string of the molecule is COc1cc(-c2ccc(N)nc2N)ccc1F. The summed E-state index contributed by atoms with van der Waals surface area (Å²) in [5, 5.41) is 0. The fraction of sp³-hybridized carbons (Fsp3) is 0.0833. The van der Waals surface area contributed by atoms with E-state index in [0.717, 1.165) is 5.56 Å². The molecule has 0 saturated heterocycles. The minimum absolute atomic E-state index is 0.165. The van der Waals surface area contributed by atoms with Crippen molar-refractivity contribution in [2.45, 2.75) is 0 Å². The minimum Gasteiger partial charge on any atom is -0.494 e. The standard InChI is InChI=1S/C12H12FN3O/c1-17-10-6-7(2-4-9(10)13)8-3-5-11(14)16-12(8)15/h2-6H,1H3,(H4,14,15,16). The van der Waals surface area contributed by atoms with Gasteiger partial charge in [-0.05, 0) is 29.8 Å². The average molecular weight is 233 g/mol. The van der Waals surface area contributed by atoms with E-state index in [2.05, 4.69) is 4.98 Å². The van der Waals surface area contributed by atoms with Crippen LogP contribution >= 0.6 is 0 Å². The third-order valence-corrected chi connectivity index (χ3v) is 2.41. The molecule has 5 heteroatoms. The Hall–Kier alpha value is -2.30. The number of hydrogen-bond donors (Lipinski definition) is 2. The Morgan fingerprint density at radius 2 is 1.94 bits per heavy atom. The molecule has 1 heterocycles. The lowest BCUT2D eigenvalue weighted by atomic mass is 10.1. The average Bonchev–Trinajstić information content (AvgIpc) is 2.30. The molecule has 1 aromatic carbocycles. The topological polar surface area (TPSA) is 74.2 Å². The fourth-order valence-corrected chi connectivity index (χ4v) is 1.56. The molecule has 0 unspecified atom stereocenters. The van der Waals surface area contributed by atoms with Crippen molar-refractivity contribution >= 4 is 11.6 Å². The van der Waals surface area contributed by atoms with Crippen molar-refractivity contribution in [3.63, 3.8) is 0 Å². The predicted octanol–water partition coefficient (Wildman–Crippen LogP) is 2.06. The zero-order chi connectivity index (χ0) is 12.4. The summed E-state index contributed by atoms with van der Waals surface area (Å²) in [5.41, 5.74) is 12.7. The van der Waals surface area contributed by atoms with Gasteiger partial charge in [-0.3, -0.25) is 0 Å². The highest BCUT2D eigenvalue weighted by molar-refractivity contribution is 5.75. The van der Waals surface area contributed by atoms with Crippen molar-refractivity contribution in [1.29, 1.82) is 0 Å². The molecule has 0 aliphatic carbocycles. The van der Waals surface area contributed by atoms with Crippen molar-refractivity contribution in [2.75, 3.05) is 18.6 Å². The lowest BCUT2D eigenvalue weighted by Gasteiger charge is -2.08. The maximum atomic E-state index is 13.3. The van der Waals surface area contributed by atoms with Gasteiger partial charge in [0.15, 0.2) is 11.6 Å². The summed E-state index contributed by atoms with van der Waals surface area (Å²) in [6, 6.07) is 7.89. The van der Waals surface area contributed by atoms with Gasteiger partial charge in [-0.25, -0.2) is 9.37 Å². The summed E-state index contributed by atoms with van der Waals surface area (Å²) in [6.07, 6.45) is 0. The minimum atomic E-state index is -0.418. The van der Waals surface area contributed by atoms with E-state index in [1.54, 1.807) is 24.3 Å². The summed E-state index contributed by atoms with van der Waals surface area (Å²) in [6.45, 7) is 0. The van der Waals surface area contributed by atoms with E-state index in [4.69, 9.17) is 16.2 Å². The number of anilines is 2. The molecule has 88 valence electrons. The van der Waals surface area contributed by atoms with Crippen LogP contribution in [0.5, 0.6) is 5.75 Å². The molecule has 0 radical (unpaired) electrons. The van der Waals surface area contributed by atoms with Crippen LogP contribution < -0.4 is 16.2 Å². The van der Waals surface area contributed by atoms with Crippen LogP contribution in [0.15, 0.2) is 30.3 Å². The summed E-state index contributed by atoms with van der Waals surface area (Å²) < 4.78 is 18.2. The zero-order valence-electron chi connectivity index (χ0n) is 9.27. The van der Waals surface area contributed by atoms with Crippen molar-refractivity contribution < 1.29 is 9.13 Å². The largest absolute Gasteiger partial charge is 0.494 e. The molecule has 0 aliphatic heterocycles. The Labute approximate surface area is 98.0 Å². The predicted molar refractivity (Wildman–Crippen MR) is 65.0 cm³/mol. The lowest BCUT2D eigenvalue weighted by Crippen LogP contribution is -1.98. The molecule has 0 fully saturated rings. The number of ether oxygens (including phenoxy) is 1. The van der Waals surface area contributed by atoms with Crippen molar-refractivity contribution in [3.05, 3.63) is 36.1 Å². The second-order valence-electron chi connectivity index (χ2n) is 3.52. The van der Waals surface area contributed by atoms with Crippen molar-refractivity contribution in [3.8, 4) is 16.9 Å². The van der Waals surface area contributed by atoms with Crippen LogP contribution in [0.2, 0.25) is 0 Å². The first-order chi connectivity index (χ1) is 8.11. The third kappa shape index (κ3) is 2.13. The number of nitrogens with zero attached hydrogens (tertiary/aromatic N) is 1. The Morgan fingerprint density at radius 3 is 2.59 bits per heavy atom. The molecule has 4 N–H and O–H groups in total. The quantitative estimate of drug-likeness (QED) is 0.832. The van der Waals surface area contributed by atoms with Crippen molar-refractivity contribution in [1.82, 2.24) is 4.98 Å². The van der Waals surface area contributed by atoms with Gasteiger partial charge in [-0.2, -0.15) is 0 Å². The Balaban J connectivity index is 2.53. The number of hydrogen-bond acceptors (Lipinski definition) is 4. The molecule has 2 aromatic rings. The summed E-state index contributed by atoms with van der Waals surface area (Å²) in [4.78, 5) is 3.95. The van der Waals surface area contributed by atoms with Gasteiger partial charge < -0.3 is 16.2 Å². The molecule has 0 aliphatic rings. The Morgan fingerprint density at radius 1 is 1.18 bits per heavy atom. The normalized spacial score (nSPS) is 10.2. The van der Waals surface area contributed by atoms with Crippen LogP contribution in [0.4, 0.5) is 16.0 Å². The van der Waals surface area contributed by atoms with Crippen LogP contribution in [0, 0.1) is 5.82 Å². The second kappa shape index (κ2) is 4.29. The summed E-state index contributed by atoms with van der Waals surface area (Å²) in [7, 11) is 1.41. The number of nitrogen functional groups attached to an aromatic ring is 2. The lowest BCUT2D eigenvalue weighted by molar-refractivity contribution is 0.387. The highest BCUT2D eigenvalue weighted by Crippen LogP contribution is 2.29. The van der Waals surface area contributed by atoms with Gasteiger partial charge in [0.2, 0.25) is 0 Å². The molecule has 0 saturated carbocycles. The molecule has 0 amide bonds. The van der Waals surface area contributed by atoms with Gasteiger partial charge in [-0.1, -0.05) is 6.07 Å². The maximum Gasteiger partial charge on any atom is 0.165 e. The first-order valence-corrected chi connectivity index (χ1v) is 4.97. The van der Waals surface area contributed by atoms with E-state index in [1.807, 2.05) is 0 Å². The number of nitrogens with two attached hydrogens (primary N) is 2. The molecule has 4 nitrogen and oxygen atoms in total. The van der Waals surface area contributed by atoms with E-state index >= 15 is 0 Å². The van der Waals surface area contributed by atoms with Gasteiger partial charge in [0.1, 0.15) is 11.6 Å². The van der Waals surface area contributed by atoms with Crippen LogP contribution in [0.3, 0.4) is 0 Å². The first-order valence-electron chi connectivity index (χ1n) is 4.97. The van der Waals surface area contributed by atoms with Crippen LogP contribution in [-0.4, -0.2) is 12.1 Å². The molecule has 0 bridgehead atoms. The molecule has 17 heavy (non-hydrogen) atoms. The summed E-state index contributed by atoms with van der Waals surface area (Å²) >= 11 is 0. The molecule has 0 spiro atoms. The van der Waals surface area contributed by atoms with Crippen LogP contribution in [0.1, 0.15) is 0 Å². The van der Waals surface area contributed by atoms with Gasteiger partial charge in [0, 0.05) is 5.56 Å². The highest BCUT2D eigenvalue weighted by Gasteiger charge is 2.08. The third-order valence-electron chi connectivity index (χ3n) is 2.41. The Bertz CT molecular complexity index is 557. The van der Waals surface area contributed by atoms with Gasteiger partial charge in [0.05, 0.1) is 7.11 Å². The van der Waals surface area contributed by atoms with E-state index < -0.39 is 5.82 Å². The molecule has 0 atom stereocenters. The van der Waals surface area contributed by atoms with Gasteiger partial charge in [-0.15, -0.1) is 0 Å². The van der Waals surface area contributed by atoms with Gasteiger partial charge >= 0.3 is 0 Å². The summed E-state index contributed by atoms with van der Waals surface area (Å²) in [5.74, 6) is 0.399. The number of rotatable bonds is 2. The second-order valence-corrected chi connectivity index (χ2v) is 3.52. The van der Waals surface area contributed by atoms with Gasteiger partial charge in [0.25, 0.3) is 0 Å². The smallest absolute Gasteiger partial charge is 0.165 e. The van der Waals surface area contributed by atoms with E-state index in [9.17, 15) is 4.39 Å². The number of methoxy groups -OCH3 is 1. The number of pyridine rings is 1. The van der Waals surface area contributed by atoms with E-state index in [1.165, 1.54) is 13.2 Å². The number of halogens is 1. The van der Waals surface area contributed by atoms with E-state index in [0.29, 0.717) is 17.2 Å².